The number of aryl methyl sites for hydroxylation is 1. The zero-order valence-electron chi connectivity index (χ0n) is 10.8. The summed E-state index contributed by atoms with van der Waals surface area (Å²) in [5, 5.41) is 2.76. The van der Waals surface area contributed by atoms with Crippen molar-refractivity contribution in [2.45, 2.75) is 6.92 Å². The molecule has 0 spiro atoms. The van der Waals surface area contributed by atoms with Crippen molar-refractivity contribution in [3.63, 3.8) is 0 Å². The Labute approximate surface area is 125 Å². The van der Waals surface area contributed by atoms with E-state index in [1.807, 2.05) is 6.92 Å². The largest absolute Gasteiger partial charge is 0.496 e. The minimum absolute atomic E-state index is 0.0819. The zero-order chi connectivity index (χ0) is 14.7. The molecule has 0 atom stereocenters. The third kappa shape index (κ3) is 3.00. The number of amides is 1. The molecule has 0 unspecified atom stereocenters. The van der Waals surface area contributed by atoms with Crippen LogP contribution in [0.25, 0.3) is 0 Å². The van der Waals surface area contributed by atoms with E-state index in [9.17, 15) is 4.79 Å². The van der Waals surface area contributed by atoms with E-state index in [1.165, 1.54) is 6.33 Å². The van der Waals surface area contributed by atoms with Gasteiger partial charge in [-0.25, -0.2) is 9.97 Å². The topological polar surface area (TPSA) is 64.1 Å². The molecule has 1 aromatic carbocycles. The summed E-state index contributed by atoms with van der Waals surface area (Å²) in [6.07, 6.45) is 1.22. The Morgan fingerprint density at radius 1 is 1.30 bits per heavy atom. The Morgan fingerprint density at radius 3 is 2.75 bits per heavy atom. The Kier molecular flexibility index (Phi) is 4.42. The number of nitrogens with zero attached hydrogens (tertiary/aromatic N) is 2. The van der Waals surface area contributed by atoms with Crippen LogP contribution in [0.1, 0.15) is 15.9 Å². The molecule has 0 radical (unpaired) electrons. The number of carbonyl (C=O) groups excluding carboxylic acids is 1. The molecular weight excluding hydrogens is 301 g/mol. The molecule has 0 saturated carbocycles. The lowest BCUT2D eigenvalue weighted by atomic mass is 10.1. The summed E-state index contributed by atoms with van der Waals surface area (Å²) in [5.74, 6) is 0.431. The minimum atomic E-state index is -0.361. The first-order valence-corrected chi connectivity index (χ1v) is 6.40. The van der Waals surface area contributed by atoms with Crippen molar-refractivity contribution in [3.05, 3.63) is 45.8 Å². The van der Waals surface area contributed by atoms with Gasteiger partial charge in [0, 0.05) is 5.56 Å². The van der Waals surface area contributed by atoms with Gasteiger partial charge >= 0.3 is 0 Å². The Hall–Kier alpha value is -1.85. The number of hydrogen-bond acceptors (Lipinski definition) is 4. The smallest absolute Gasteiger partial charge is 0.256 e. The number of carbonyl (C=O) groups is 1. The summed E-state index contributed by atoms with van der Waals surface area (Å²) in [4.78, 5) is 19.7. The molecular formula is C13H11Cl2N3O2. The van der Waals surface area contributed by atoms with Gasteiger partial charge in [-0.15, -0.1) is 0 Å². The van der Waals surface area contributed by atoms with Crippen LogP contribution in [0.4, 0.5) is 5.82 Å². The lowest BCUT2D eigenvalue weighted by molar-refractivity contribution is 0.102. The van der Waals surface area contributed by atoms with Crippen molar-refractivity contribution < 1.29 is 9.53 Å². The fraction of sp³-hybridized carbons (Fsp3) is 0.154. The van der Waals surface area contributed by atoms with Gasteiger partial charge in [0.05, 0.1) is 7.11 Å². The molecule has 104 valence electrons. The highest BCUT2D eigenvalue weighted by Crippen LogP contribution is 2.26. The summed E-state index contributed by atoms with van der Waals surface area (Å²) in [6.45, 7) is 1.89. The van der Waals surface area contributed by atoms with E-state index < -0.39 is 0 Å². The van der Waals surface area contributed by atoms with Gasteiger partial charge in [0.1, 0.15) is 17.1 Å². The van der Waals surface area contributed by atoms with Gasteiger partial charge in [-0.2, -0.15) is 0 Å². The fourth-order valence-electron chi connectivity index (χ4n) is 1.58. The van der Waals surface area contributed by atoms with Crippen molar-refractivity contribution in [2.24, 2.45) is 0 Å². The summed E-state index contributed by atoms with van der Waals surface area (Å²) < 4.78 is 5.18. The van der Waals surface area contributed by atoms with Gasteiger partial charge in [-0.05, 0) is 24.6 Å². The van der Waals surface area contributed by atoms with E-state index in [-0.39, 0.29) is 21.9 Å². The molecule has 1 N–H and O–H groups in total. The molecule has 1 amide bonds. The normalized spacial score (nSPS) is 10.2. The number of methoxy groups -OCH3 is 1. The summed E-state index contributed by atoms with van der Waals surface area (Å²) in [5.41, 5.74) is 1.37. The van der Waals surface area contributed by atoms with Crippen molar-refractivity contribution in [2.75, 3.05) is 12.4 Å². The van der Waals surface area contributed by atoms with Gasteiger partial charge in [0.15, 0.2) is 11.0 Å². The predicted molar refractivity (Wildman–Crippen MR) is 77.7 cm³/mol. The molecule has 0 aliphatic heterocycles. The zero-order valence-corrected chi connectivity index (χ0v) is 12.3. The quantitative estimate of drug-likeness (QED) is 0.883. The number of rotatable bonds is 3. The van der Waals surface area contributed by atoms with E-state index >= 15 is 0 Å². The van der Waals surface area contributed by atoms with Crippen LogP contribution in [0.5, 0.6) is 5.75 Å². The van der Waals surface area contributed by atoms with Gasteiger partial charge in [-0.1, -0.05) is 29.3 Å². The second-order valence-electron chi connectivity index (χ2n) is 3.97. The first-order valence-electron chi connectivity index (χ1n) is 5.65. The number of nitrogens with one attached hydrogen (secondary N) is 1. The average Bonchev–Trinajstić information content (AvgIpc) is 2.44. The van der Waals surface area contributed by atoms with E-state index in [4.69, 9.17) is 27.9 Å². The SMILES string of the molecule is COc1cc(C(=O)Nc2ncnc(Cl)c2Cl)ccc1C. The maximum absolute atomic E-state index is 12.1. The van der Waals surface area contributed by atoms with Crippen molar-refractivity contribution >= 4 is 34.9 Å². The van der Waals surface area contributed by atoms with Crippen LogP contribution >= 0.6 is 23.2 Å². The standard InChI is InChI=1S/C13H11Cl2N3O2/c1-7-3-4-8(5-9(7)20-2)13(19)18-12-10(14)11(15)16-6-17-12/h3-6H,1-2H3,(H,16,17,18,19). The lowest BCUT2D eigenvalue weighted by Crippen LogP contribution is -2.13. The second-order valence-corrected chi connectivity index (χ2v) is 4.70. The molecule has 0 bridgehead atoms. The monoisotopic (exact) mass is 311 g/mol. The maximum atomic E-state index is 12.1. The fourth-order valence-corrected chi connectivity index (χ4v) is 1.85. The van der Waals surface area contributed by atoms with Gasteiger partial charge in [0.25, 0.3) is 5.91 Å². The molecule has 1 heterocycles. The van der Waals surface area contributed by atoms with Crippen molar-refractivity contribution in [3.8, 4) is 5.75 Å². The number of ether oxygens (including phenoxy) is 1. The average molecular weight is 312 g/mol. The third-order valence-electron chi connectivity index (χ3n) is 2.65. The summed E-state index contributed by atoms with van der Waals surface area (Å²) in [6, 6.07) is 5.12. The predicted octanol–water partition coefficient (Wildman–Crippen LogP) is 3.35. The minimum Gasteiger partial charge on any atom is -0.496 e. The molecule has 2 aromatic rings. The summed E-state index contributed by atoms with van der Waals surface area (Å²) >= 11 is 11.7. The van der Waals surface area contributed by atoms with Gasteiger partial charge < -0.3 is 10.1 Å². The first kappa shape index (κ1) is 14.6. The number of hydrogen-bond donors (Lipinski definition) is 1. The van der Waals surface area contributed by atoms with E-state index in [0.717, 1.165) is 5.56 Å². The highest BCUT2D eigenvalue weighted by molar-refractivity contribution is 6.43. The van der Waals surface area contributed by atoms with Crippen molar-refractivity contribution in [1.82, 2.24) is 9.97 Å². The van der Waals surface area contributed by atoms with Crippen LogP contribution < -0.4 is 10.1 Å². The molecule has 0 saturated heterocycles. The molecule has 1 aromatic heterocycles. The third-order valence-corrected chi connectivity index (χ3v) is 3.39. The van der Waals surface area contributed by atoms with Crippen LogP contribution in [0.3, 0.4) is 0 Å². The Morgan fingerprint density at radius 2 is 2.05 bits per heavy atom. The molecule has 7 heteroatoms. The van der Waals surface area contributed by atoms with Crippen LogP contribution in [0.2, 0.25) is 10.2 Å². The molecule has 5 nitrogen and oxygen atoms in total. The molecule has 20 heavy (non-hydrogen) atoms. The first-order chi connectivity index (χ1) is 9.52. The second kappa shape index (κ2) is 6.07. The van der Waals surface area contributed by atoms with Gasteiger partial charge in [-0.3, -0.25) is 4.79 Å². The van der Waals surface area contributed by atoms with Crippen LogP contribution in [0, 0.1) is 6.92 Å². The van der Waals surface area contributed by atoms with Crippen LogP contribution in [0.15, 0.2) is 24.5 Å². The Balaban J connectivity index is 2.26. The Bertz CT molecular complexity index is 662. The van der Waals surface area contributed by atoms with E-state index in [2.05, 4.69) is 15.3 Å². The van der Waals surface area contributed by atoms with Crippen LogP contribution in [-0.2, 0) is 0 Å². The molecule has 2 rings (SSSR count). The number of aromatic nitrogens is 2. The highest BCUT2D eigenvalue weighted by atomic mass is 35.5. The van der Waals surface area contributed by atoms with E-state index in [0.29, 0.717) is 11.3 Å². The molecule has 0 aliphatic rings. The number of benzene rings is 1. The summed E-state index contributed by atoms with van der Waals surface area (Å²) in [7, 11) is 1.55. The number of anilines is 1. The highest BCUT2D eigenvalue weighted by Gasteiger charge is 2.13. The van der Waals surface area contributed by atoms with Crippen LogP contribution in [-0.4, -0.2) is 23.0 Å². The van der Waals surface area contributed by atoms with Crippen molar-refractivity contribution in [1.29, 1.82) is 0 Å². The molecule has 0 fully saturated rings. The van der Waals surface area contributed by atoms with E-state index in [1.54, 1.807) is 25.3 Å². The molecule has 0 aliphatic carbocycles. The van der Waals surface area contributed by atoms with Gasteiger partial charge in [0.2, 0.25) is 0 Å². The lowest BCUT2D eigenvalue weighted by Gasteiger charge is -2.09. The maximum Gasteiger partial charge on any atom is 0.256 e. The number of halogens is 2.